The molecule has 3 rings (SSSR count). The molecule has 24 heavy (non-hydrogen) atoms. The Bertz CT molecular complexity index is 572. The van der Waals surface area contributed by atoms with Gasteiger partial charge in [-0.1, -0.05) is 13.8 Å². The van der Waals surface area contributed by atoms with Gasteiger partial charge >= 0.3 is 0 Å². The number of carbonyl (C=O) groups is 1. The van der Waals surface area contributed by atoms with Gasteiger partial charge < -0.3 is 15.3 Å². The Kier molecular flexibility index (Phi) is 4.92. The highest BCUT2D eigenvalue weighted by Gasteiger charge is 2.58. The second-order valence-electron chi connectivity index (χ2n) is 7.97. The van der Waals surface area contributed by atoms with Crippen molar-refractivity contribution in [3.8, 4) is 0 Å². The number of carbonyl (C=O) groups excluding carboxylic acids is 1. The van der Waals surface area contributed by atoms with Crippen LogP contribution >= 0.6 is 0 Å². The molecule has 0 aromatic carbocycles. The summed E-state index contributed by atoms with van der Waals surface area (Å²) in [6, 6.07) is 4.27. The molecule has 2 unspecified atom stereocenters. The maximum atomic E-state index is 12.3. The van der Waals surface area contributed by atoms with Crippen LogP contribution in [0.4, 0.5) is 0 Å². The van der Waals surface area contributed by atoms with Crippen LogP contribution in [0.15, 0.2) is 24.5 Å². The van der Waals surface area contributed by atoms with E-state index in [-0.39, 0.29) is 17.4 Å². The van der Waals surface area contributed by atoms with Gasteiger partial charge in [-0.25, -0.2) is 0 Å². The lowest BCUT2D eigenvalue weighted by Gasteiger charge is -2.57. The predicted octanol–water partition coefficient (Wildman–Crippen LogP) is 1.61. The van der Waals surface area contributed by atoms with Crippen molar-refractivity contribution in [1.82, 2.24) is 15.2 Å². The number of likely N-dealkylation sites (tertiary alicyclic amines) is 1. The fourth-order valence-electron chi connectivity index (χ4n) is 5.08. The Balaban J connectivity index is 1.53. The third-order valence-electron chi connectivity index (χ3n) is 5.74. The maximum absolute atomic E-state index is 12.3. The molecule has 1 aliphatic carbocycles. The molecule has 2 fully saturated rings. The molecule has 2 aliphatic rings. The van der Waals surface area contributed by atoms with Gasteiger partial charge in [-0.2, -0.15) is 0 Å². The van der Waals surface area contributed by atoms with Crippen molar-refractivity contribution in [2.45, 2.75) is 57.7 Å². The quantitative estimate of drug-likeness (QED) is 0.860. The summed E-state index contributed by atoms with van der Waals surface area (Å²) in [6.45, 7) is 5.51. The molecule has 1 saturated carbocycles. The monoisotopic (exact) mass is 331 g/mol. The Morgan fingerprint density at radius 2 is 2.12 bits per heavy atom. The van der Waals surface area contributed by atoms with Crippen LogP contribution in [0.5, 0.6) is 0 Å². The van der Waals surface area contributed by atoms with Crippen molar-refractivity contribution >= 4 is 5.91 Å². The summed E-state index contributed by atoms with van der Waals surface area (Å²) in [5, 5.41) is 13.5. The zero-order valence-electron chi connectivity index (χ0n) is 14.9. The third-order valence-corrected chi connectivity index (χ3v) is 5.74. The molecule has 0 radical (unpaired) electrons. The first kappa shape index (κ1) is 17.4. The SMILES string of the molecule is CC(C)C1N(C)CC12C[C@@H](O)[C@H](NC(=O)CCc1ccncc1)C2. The zero-order chi connectivity index (χ0) is 17.3. The van der Waals surface area contributed by atoms with Crippen LogP contribution in [0.3, 0.4) is 0 Å². The van der Waals surface area contributed by atoms with Crippen molar-refractivity contribution in [3.05, 3.63) is 30.1 Å². The van der Waals surface area contributed by atoms with E-state index < -0.39 is 6.10 Å². The first-order chi connectivity index (χ1) is 11.4. The fourth-order valence-corrected chi connectivity index (χ4v) is 5.08. The standard InChI is InChI=1S/C19H29N3O2/c1-13(2)18-19(12-22(18)3)10-15(16(23)11-19)21-17(24)5-4-14-6-8-20-9-7-14/h6-9,13,15-16,18,23H,4-5,10-12H2,1-3H3,(H,21,24)/t15-,16-,18?,19?/m1/s1. The Morgan fingerprint density at radius 1 is 1.42 bits per heavy atom. The van der Waals surface area contributed by atoms with Gasteiger partial charge in [0.2, 0.25) is 5.91 Å². The normalized spacial score (nSPS) is 33.0. The molecule has 1 saturated heterocycles. The molecular weight excluding hydrogens is 302 g/mol. The predicted molar refractivity (Wildman–Crippen MR) is 93.4 cm³/mol. The van der Waals surface area contributed by atoms with Gasteiger partial charge in [0.25, 0.3) is 0 Å². The molecule has 1 amide bonds. The third kappa shape index (κ3) is 3.33. The summed E-state index contributed by atoms with van der Waals surface area (Å²) in [7, 11) is 2.16. The van der Waals surface area contributed by atoms with E-state index in [1.54, 1.807) is 12.4 Å². The smallest absolute Gasteiger partial charge is 0.220 e. The molecule has 0 bridgehead atoms. The van der Waals surface area contributed by atoms with Crippen LogP contribution in [0.25, 0.3) is 0 Å². The Morgan fingerprint density at radius 3 is 2.75 bits per heavy atom. The van der Waals surface area contributed by atoms with E-state index in [0.717, 1.165) is 24.9 Å². The number of nitrogens with zero attached hydrogens (tertiary/aromatic N) is 2. The molecule has 4 atom stereocenters. The largest absolute Gasteiger partial charge is 0.391 e. The van der Waals surface area contributed by atoms with Crippen LogP contribution in [-0.2, 0) is 11.2 Å². The van der Waals surface area contributed by atoms with E-state index in [0.29, 0.717) is 24.8 Å². The molecular formula is C19H29N3O2. The average Bonchev–Trinajstić information content (AvgIpc) is 2.83. The number of pyridine rings is 1. The van der Waals surface area contributed by atoms with Crippen molar-refractivity contribution in [1.29, 1.82) is 0 Å². The van der Waals surface area contributed by atoms with Gasteiger partial charge in [0.15, 0.2) is 0 Å². The maximum Gasteiger partial charge on any atom is 0.220 e. The minimum absolute atomic E-state index is 0.0293. The lowest BCUT2D eigenvalue weighted by atomic mass is 9.66. The second kappa shape index (κ2) is 6.81. The summed E-state index contributed by atoms with van der Waals surface area (Å²) in [5.41, 5.74) is 1.29. The molecule has 132 valence electrons. The minimum atomic E-state index is -0.426. The Labute approximate surface area is 144 Å². The molecule has 5 nitrogen and oxygen atoms in total. The number of aliphatic hydroxyl groups excluding tert-OH is 1. The van der Waals surface area contributed by atoms with Crippen LogP contribution in [0.1, 0.15) is 38.7 Å². The summed E-state index contributed by atoms with van der Waals surface area (Å²) in [6.07, 6.45) is 5.92. The lowest BCUT2D eigenvalue weighted by Crippen LogP contribution is -2.64. The number of amides is 1. The molecule has 1 aliphatic heterocycles. The van der Waals surface area contributed by atoms with Gasteiger partial charge in [-0.15, -0.1) is 0 Å². The number of rotatable bonds is 5. The van der Waals surface area contributed by atoms with Gasteiger partial charge in [0.1, 0.15) is 0 Å². The van der Waals surface area contributed by atoms with Crippen LogP contribution in [0.2, 0.25) is 0 Å². The van der Waals surface area contributed by atoms with Crippen molar-refractivity contribution in [3.63, 3.8) is 0 Å². The number of hydrogen-bond donors (Lipinski definition) is 2. The molecule has 1 aromatic heterocycles. The minimum Gasteiger partial charge on any atom is -0.391 e. The molecule has 5 heteroatoms. The summed E-state index contributed by atoms with van der Waals surface area (Å²) >= 11 is 0. The van der Waals surface area contributed by atoms with Gasteiger partial charge in [-0.05, 0) is 49.9 Å². The highest BCUT2D eigenvalue weighted by molar-refractivity contribution is 5.76. The fraction of sp³-hybridized carbons (Fsp3) is 0.684. The van der Waals surface area contributed by atoms with E-state index in [1.165, 1.54) is 0 Å². The van der Waals surface area contributed by atoms with E-state index in [4.69, 9.17) is 0 Å². The average molecular weight is 331 g/mol. The summed E-state index contributed by atoms with van der Waals surface area (Å²) in [5.74, 6) is 0.596. The van der Waals surface area contributed by atoms with Gasteiger partial charge in [0.05, 0.1) is 12.1 Å². The number of aliphatic hydroxyl groups is 1. The summed E-state index contributed by atoms with van der Waals surface area (Å²) in [4.78, 5) is 18.6. The first-order valence-electron chi connectivity index (χ1n) is 8.98. The number of nitrogens with one attached hydrogen (secondary N) is 1. The van der Waals surface area contributed by atoms with Crippen molar-refractivity contribution < 1.29 is 9.90 Å². The van der Waals surface area contributed by atoms with E-state index in [1.807, 2.05) is 12.1 Å². The number of aromatic nitrogens is 1. The Hall–Kier alpha value is -1.46. The zero-order valence-corrected chi connectivity index (χ0v) is 14.9. The van der Waals surface area contributed by atoms with Crippen molar-refractivity contribution in [2.75, 3.05) is 13.6 Å². The van der Waals surface area contributed by atoms with Crippen molar-refractivity contribution in [2.24, 2.45) is 11.3 Å². The van der Waals surface area contributed by atoms with Crippen LogP contribution in [-0.4, -0.2) is 52.7 Å². The van der Waals surface area contributed by atoms with Crippen LogP contribution < -0.4 is 5.32 Å². The molecule has 1 spiro atoms. The van der Waals surface area contributed by atoms with Gasteiger partial charge in [0, 0.05) is 36.8 Å². The van der Waals surface area contributed by atoms with E-state index in [9.17, 15) is 9.90 Å². The molecule has 2 N–H and O–H groups in total. The summed E-state index contributed by atoms with van der Waals surface area (Å²) < 4.78 is 0. The second-order valence-corrected chi connectivity index (χ2v) is 7.97. The topological polar surface area (TPSA) is 65.5 Å². The highest BCUT2D eigenvalue weighted by atomic mass is 16.3. The molecule has 1 aromatic rings. The first-order valence-corrected chi connectivity index (χ1v) is 8.98. The molecule has 2 heterocycles. The van der Waals surface area contributed by atoms with E-state index >= 15 is 0 Å². The van der Waals surface area contributed by atoms with E-state index in [2.05, 4.69) is 36.1 Å². The van der Waals surface area contributed by atoms with Gasteiger partial charge in [-0.3, -0.25) is 9.78 Å². The lowest BCUT2D eigenvalue weighted by molar-refractivity contribution is -0.122. The number of hydrogen-bond acceptors (Lipinski definition) is 4. The highest BCUT2D eigenvalue weighted by Crippen LogP contribution is 2.52. The van der Waals surface area contributed by atoms with Crippen LogP contribution in [0, 0.1) is 11.3 Å². The number of aryl methyl sites for hydroxylation is 1.